The van der Waals surface area contributed by atoms with Crippen LogP contribution in [0.15, 0.2) is 30.5 Å². The molecule has 2 rings (SSSR count). The summed E-state index contributed by atoms with van der Waals surface area (Å²) >= 11 is 0. The van der Waals surface area contributed by atoms with Crippen LogP contribution in [0.3, 0.4) is 0 Å². The molecule has 0 saturated carbocycles. The van der Waals surface area contributed by atoms with Crippen LogP contribution in [0.25, 0.3) is 0 Å². The van der Waals surface area contributed by atoms with Crippen molar-refractivity contribution in [1.82, 2.24) is 15.5 Å². The third-order valence-corrected chi connectivity index (χ3v) is 2.70. The first-order valence-electron chi connectivity index (χ1n) is 5.79. The van der Waals surface area contributed by atoms with Crippen LogP contribution in [-0.2, 0) is 6.42 Å². The minimum absolute atomic E-state index is 0.200. The Morgan fingerprint density at radius 1 is 1.50 bits per heavy atom. The Morgan fingerprint density at radius 2 is 2.33 bits per heavy atom. The zero-order chi connectivity index (χ0) is 13.0. The molecule has 0 aliphatic rings. The van der Waals surface area contributed by atoms with E-state index in [2.05, 4.69) is 21.6 Å². The molecule has 2 aromatic rings. The van der Waals surface area contributed by atoms with Crippen molar-refractivity contribution in [1.29, 1.82) is 0 Å². The summed E-state index contributed by atoms with van der Waals surface area (Å²) in [7, 11) is 0. The molecule has 1 heterocycles. The fourth-order valence-electron chi connectivity index (χ4n) is 1.76. The largest absolute Gasteiger partial charge is 0.383 e. The predicted molar refractivity (Wildman–Crippen MR) is 70.2 cm³/mol. The van der Waals surface area contributed by atoms with E-state index in [1.807, 2.05) is 25.1 Å². The lowest BCUT2D eigenvalue weighted by Crippen LogP contribution is -2.26. The Morgan fingerprint density at radius 3 is 3.00 bits per heavy atom. The number of anilines is 1. The third-order valence-electron chi connectivity index (χ3n) is 2.70. The van der Waals surface area contributed by atoms with Crippen LogP contribution >= 0.6 is 0 Å². The maximum Gasteiger partial charge on any atom is 0.256 e. The first kappa shape index (κ1) is 12.2. The number of benzene rings is 1. The molecule has 5 nitrogen and oxygen atoms in total. The summed E-state index contributed by atoms with van der Waals surface area (Å²) in [5.41, 5.74) is 8.38. The fraction of sp³-hybridized carbons (Fsp3) is 0.231. The number of carbonyl (C=O) groups excluding carboxylic acids is 1. The summed E-state index contributed by atoms with van der Waals surface area (Å²) in [5, 5.41) is 9.06. The number of aromatic nitrogens is 2. The van der Waals surface area contributed by atoms with Crippen LogP contribution in [0.4, 0.5) is 5.82 Å². The summed E-state index contributed by atoms with van der Waals surface area (Å²) in [6.45, 7) is 2.63. The average molecular weight is 244 g/mol. The number of hydrogen-bond donors (Lipinski definition) is 3. The molecule has 0 unspecified atom stereocenters. The van der Waals surface area contributed by atoms with Gasteiger partial charge in [0, 0.05) is 6.54 Å². The number of nitrogens with one attached hydrogen (secondary N) is 2. The van der Waals surface area contributed by atoms with E-state index in [4.69, 9.17) is 5.73 Å². The Labute approximate surface area is 105 Å². The standard InChI is InChI=1S/C13H16N4O/c1-9-3-2-4-10(7-9)5-6-15-13(18)11-8-16-17-12(11)14/h2-4,7-8H,5-6H2,1H3,(H,15,18)(H3,14,16,17). The minimum atomic E-state index is -0.200. The molecular formula is C13H16N4O. The first-order valence-corrected chi connectivity index (χ1v) is 5.79. The Hall–Kier alpha value is -2.30. The van der Waals surface area contributed by atoms with Gasteiger partial charge in [0.25, 0.3) is 5.91 Å². The van der Waals surface area contributed by atoms with Gasteiger partial charge in [-0.2, -0.15) is 5.10 Å². The number of carbonyl (C=O) groups is 1. The van der Waals surface area contributed by atoms with E-state index in [1.165, 1.54) is 17.3 Å². The van der Waals surface area contributed by atoms with E-state index in [0.717, 1.165) is 6.42 Å². The third kappa shape index (κ3) is 2.88. The molecule has 1 amide bonds. The van der Waals surface area contributed by atoms with Crippen LogP contribution in [0, 0.1) is 6.92 Å². The Balaban J connectivity index is 1.86. The van der Waals surface area contributed by atoms with Crippen molar-refractivity contribution in [2.45, 2.75) is 13.3 Å². The van der Waals surface area contributed by atoms with Gasteiger partial charge in [0.1, 0.15) is 11.4 Å². The normalized spacial score (nSPS) is 10.3. The summed E-state index contributed by atoms with van der Waals surface area (Å²) in [4.78, 5) is 11.7. The highest BCUT2D eigenvalue weighted by Gasteiger charge is 2.10. The van der Waals surface area contributed by atoms with E-state index in [0.29, 0.717) is 17.9 Å². The van der Waals surface area contributed by atoms with E-state index in [-0.39, 0.29) is 5.91 Å². The molecule has 18 heavy (non-hydrogen) atoms. The lowest BCUT2D eigenvalue weighted by Gasteiger charge is -2.05. The summed E-state index contributed by atoms with van der Waals surface area (Å²) in [5.74, 6) is 0.0944. The van der Waals surface area contributed by atoms with Gasteiger partial charge in [0.2, 0.25) is 0 Å². The van der Waals surface area contributed by atoms with Crippen molar-refractivity contribution < 1.29 is 4.79 Å². The molecule has 0 radical (unpaired) electrons. The molecule has 1 aromatic carbocycles. The predicted octanol–water partition coefficient (Wildman–Crippen LogP) is 1.27. The lowest BCUT2D eigenvalue weighted by atomic mass is 10.1. The topological polar surface area (TPSA) is 83.8 Å². The Bertz CT molecular complexity index is 547. The molecule has 5 heteroatoms. The van der Waals surface area contributed by atoms with Crippen molar-refractivity contribution >= 4 is 11.7 Å². The van der Waals surface area contributed by atoms with Crippen molar-refractivity contribution in [3.05, 3.63) is 47.2 Å². The number of nitrogens with zero attached hydrogens (tertiary/aromatic N) is 1. The SMILES string of the molecule is Cc1cccc(CCNC(=O)c2cn[nH]c2N)c1. The molecule has 94 valence electrons. The highest BCUT2D eigenvalue weighted by molar-refractivity contribution is 5.98. The number of rotatable bonds is 4. The van der Waals surface area contributed by atoms with E-state index in [1.54, 1.807) is 0 Å². The molecule has 4 N–H and O–H groups in total. The zero-order valence-corrected chi connectivity index (χ0v) is 10.2. The van der Waals surface area contributed by atoms with Gasteiger partial charge in [-0.05, 0) is 18.9 Å². The molecule has 0 spiro atoms. The maximum atomic E-state index is 11.7. The molecule has 0 fully saturated rings. The first-order chi connectivity index (χ1) is 8.66. The second-order valence-electron chi connectivity index (χ2n) is 4.19. The summed E-state index contributed by atoms with van der Waals surface area (Å²) in [6, 6.07) is 8.22. The molecule has 1 aromatic heterocycles. The molecule has 0 bridgehead atoms. The van der Waals surface area contributed by atoms with Crippen molar-refractivity contribution in [3.63, 3.8) is 0 Å². The number of hydrogen-bond acceptors (Lipinski definition) is 3. The summed E-state index contributed by atoms with van der Waals surface area (Å²) in [6.07, 6.45) is 2.22. The van der Waals surface area contributed by atoms with E-state index < -0.39 is 0 Å². The number of nitrogens with two attached hydrogens (primary N) is 1. The van der Waals surface area contributed by atoms with Gasteiger partial charge in [-0.1, -0.05) is 29.8 Å². The van der Waals surface area contributed by atoms with Crippen LogP contribution < -0.4 is 11.1 Å². The minimum Gasteiger partial charge on any atom is -0.383 e. The molecule has 0 aliphatic heterocycles. The number of amides is 1. The van der Waals surface area contributed by atoms with Crippen molar-refractivity contribution in [2.75, 3.05) is 12.3 Å². The van der Waals surface area contributed by atoms with Gasteiger partial charge >= 0.3 is 0 Å². The Kier molecular flexibility index (Phi) is 3.62. The quantitative estimate of drug-likeness (QED) is 0.757. The summed E-state index contributed by atoms with van der Waals surface area (Å²) < 4.78 is 0. The highest BCUT2D eigenvalue weighted by atomic mass is 16.1. The number of H-pyrrole nitrogens is 1. The molecule has 0 aliphatic carbocycles. The second kappa shape index (κ2) is 5.35. The van der Waals surface area contributed by atoms with Gasteiger partial charge in [0.15, 0.2) is 0 Å². The van der Waals surface area contributed by atoms with E-state index in [9.17, 15) is 4.79 Å². The van der Waals surface area contributed by atoms with Gasteiger partial charge in [-0.25, -0.2) is 0 Å². The van der Waals surface area contributed by atoms with Gasteiger partial charge in [0.05, 0.1) is 6.20 Å². The number of nitrogen functional groups attached to an aromatic ring is 1. The van der Waals surface area contributed by atoms with Gasteiger partial charge < -0.3 is 11.1 Å². The van der Waals surface area contributed by atoms with Crippen LogP contribution in [0.1, 0.15) is 21.5 Å². The zero-order valence-electron chi connectivity index (χ0n) is 10.2. The van der Waals surface area contributed by atoms with Crippen LogP contribution in [0.5, 0.6) is 0 Å². The van der Waals surface area contributed by atoms with Gasteiger partial charge in [-0.15, -0.1) is 0 Å². The molecule has 0 atom stereocenters. The highest BCUT2D eigenvalue weighted by Crippen LogP contribution is 2.06. The van der Waals surface area contributed by atoms with Crippen LogP contribution in [0.2, 0.25) is 0 Å². The monoisotopic (exact) mass is 244 g/mol. The number of aromatic amines is 1. The molecular weight excluding hydrogens is 228 g/mol. The maximum absolute atomic E-state index is 11.7. The van der Waals surface area contributed by atoms with Crippen molar-refractivity contribution in [3.8, 4) is 0 Å². The second-order valence-corrected chi connectivity index (χ2v) is 4.19. The van der Waals surface area contributed by atoms with Crippen molar-refractivity contribution in [2.24, 2.45) is 0 Å². The lowest BCUT2D eigenvalue weighted by molar-refractivity contribution is 0.0955. The average Bonchev–Trinajstić information content (AvgIpc) is 2.75. The fourth-order valence-corrected chi connectivity index (χ4v) is 1.76. The van der Waals surface area contributed by atoms with Gasteiger partial charge in [-0.3, -0.25) is 9.89 Å². The number of aryl methyl sites for hydroxylation is 1. The van der Waals surface area contributed by atoms with E-state index >= 15 is 0 Å². The molecule has 0 saturated heterocycles. The smallest absolute Gasteiger partial charge is 0.256 e. The van der Waals surface area contributed by atoms with Crippen LogP contribution in [-0.4, -0.2) is 22.6 Å².